The number of hydrogen-bond donors (Lipinski definition) is 2. The second kappa shape index (κ2) is 6.89. The normalized spacial score (nSPS) is 12.4. The molecular weight excluding hydrogens is 244 g/mol. The Labute approximate surface area is 105 Å². The van der Waals surface area contributed by atoms with E-state index in [-0.39, 0.29) is 11.9 Å². The van der Waals surface area contributed by atoms with Gasteiger partial charge in [0, 0.05) is 17.3 Å². The molecule has 0 radical (unpaired) electrons. The van der Waals surface area contributed by atoms with Crippen LogP contribution >= 0.6 is 22.9 Å². The van der Waals surface area contributed by atoms with Gasteiger partial charge in [0.1, 0.15) is 0 Å². The number of amides is 1. The van der Waals surface area contributed by atoms with Crippen LogP contribution in [-0.2, 0) is 11.3 Å². The van der Waals surface area contributed by atoms with Crippen molar-refractivity contribution < 1.29 is 4.79 Å². The van der Waals surface area contributed by atoms with E-state index in [9.17, 15) is 4.79 Å². The van der Waals surface area contributed by atoms with Crippen LogP contribution in [0.1, 0.15) is 31.1 Å². The molecule has 1 amide bonds. The van der Waals surface area contributed by atoms with Crippen LogP contribution in [0.15, 0.2) is 12.1 Å². The SMILES string of the molecule is CCCC(N)CC(=O)NCc1ccc(Cl)s1. The maximum atomic E-state index is 11.5. The molecule has 0 saturated heterocycles. The predicted octanol–water partition coefficient (Wildman–Crippen LogP) is 2.54. The Kier molecular flexibility index (Phi) is 5.80. The van der Waals surface area contributed by atoms with Crippen molar-refractivity contribution in [3.63, 3.8) is 0 Å². The fourth-order valence-electron chi connectivity index (χ4n) is 1.42. The van der Waals surface area contributed by atoms with Gasteiger partial charge >= 0.3 is 0 Å². The Balaban J connectivity index is 2.25. The van der Waals surface area contributed by atoms with Crippen LogP contribution in [0, 0.1) is 0 Å². The van der Waals surface area contributed by atoms with E-state index in [1.807, 2.05) is 12.1 Å². The molecule has 0 aliphatic heterocycles. The van der Waals surface area contributed by atoms with Crippen molar-refractivity contribution in [1.82, 2.24) is 5.32 Å². The lowest BCUT2D eigenvalue weighted by molar-refractivity contribution is -0.121. The minimum atomic E-state index is -0.0306. The molecule has 1 aromatic heterocycles. The number of hydrogen-bond acceptors (Lipinski definition) is 3. The minimum absolute atomic E-state index is 0.00507. The number of carbonyl (C=O) groups excluding carboxylic acids is 1. The van der Waals surface area contributed by atoms with E-state index in [1.165, 1.54) is 11.3 Å². The molecule has 0 aliphatic rings. The van der Waals surface area contributed by atoms with Gasteiger partial charge in [-0.3, -0.25) is 4.79 Å². The predicted molar refractivity (Wildman–Crippen MR) is 68.7 cm³/mol. The fourth-order valence-corrected chi connectivity index (χ4v) is 2.44. The van der Waals surface area contributed by atoms with Gasteiger partial charge in [-0.05, 0) is 18.6 Å². The lowest BCUT2D eigenvalue weighted by Crippen LogP contribution is -2.31. The molecule has 3 N–H and O–H groups in total. The van der Waals surface area contributed by atoms with Gasteiger partial charge in [-0.25, -0.2) is 0 Å². The minimum Gasteiger partial charge on any atom is -0.351 e. The van der Waals surface area contributed by atoms with Crippen molar-refractivity contribution in [2.45, 2.75) is 38.8 Å². The van der Waals surface area contributed by atoms with Crippen molar-refractivity contribution in [3.05, 3.63) is 21.3 Å². The van der Waals surface area contributed by atoms with Gasteiger partial charge in [-0.15, -0.1) is 11.3 Å². The van der Waals surface area contributed by atoms with Gasteiger partial charge in [0.2, 0.25) is 5.91 Å². The maximum absolute atomic E-state index is 11.5. The molecule has 1 rings (SSSR count). The Hall–Kier alpha value is -0.580. The maximum Gasteiger partial charge on any atom is 0.221 e. The molecule has 0 aromatic carbocycles. The average molecular weight is 261 g/mol. The lowest BCUT2D eigenvalue weighted by atomic mass is 10.1. The molecule has 0 fully saturated rings. The van der Waals surface area contributed by atoms with Crippen LogP contribution in [-0.4, -0.2) is 11.9 Å². The first-order valence-corrected chi connectivity index (χ1v) is 6.57. The van der Waals surface area contributed by atoms with E-state index < -0.39 is 0 Å². The Morgan fingerprint density at radius 2 is 2.38 bits per heavy atom. The Morgan fingerprint density at radius 1 is 1.62 bits per heavy atom. The highest BCUT2D eigenvalue weighted by Gasteiger charge is 2.08. The monoisotopic (exact) mass is 260 g/mol. The third-order valence-corrected chi connectivity index (χ3v) is 3.43. The smallest absolute Gasteiger partial charge is 0.221 e. The first-order chi connectivity index (χ1) is 7.61. The highest BCUT2D eigenvalue weighted by molar-refractivity contribution is 7.16. The van der Waals surface area contributed by atoms with Gasteiger partial charge in [-0.1, -0.05) is 24.9 Å². The van der Waals surface area contributed by atoms with E-state index in [0.717, 1.165) is 22.1 Å². The van der Waals surface area contributed by atoms with Crippen molar-refractivity contribution in [1.29, 1.82) is 0 Å². The van der Waals surface area contributed by atoms with Gasteiger partial charge in [0.15, 0.2) is 0 Å². The first-order valence-electron chi connectivity index (χ1n) is 5.38. The molecule has 1 unspecified atom stereocenters. The zero-order valence-corrected chi connectivity index (χ0v) is 10.9. The van der Waals surface area contributed by atoms with Gasteiger partial charge in [0.25, 0.3) is 0 Å². The third-order valence-electron chi connectivity index (χ3n) is 2.20. The van der Waals surface area contributed by atoms with Gasteiger partial charge < -0.3 is 11.1 Å². The number of halogens is 1. The standard InChI is InChI=1S/C11H17ClN2OS/c1-2-3-8(13)6-11(15)14-7-9-4-5-10(12)16-9/h4-5,8H,2-3,6-7,13H2,1H3,(H,14,15). The summed E-state index contributed by atoms with van der Waals surface area (Å²) >= 11 is 7.27. The number of carbonyl (C=O) groups is 1. The van der Waals surface area contributed by atoms with E-state index in [1.54, 1.807) is 0 Å². The second-order valence-corrected chi connectivity index (χ2v) is 5.54. The van der Waals surface area contributed by atoms with Crippen LogP contribution in [0.3, 0.4) is 0 Å². The summed E-state index contributed by atoms with van der Waals surface area (Å²) < 4.78 is 0.743. The van der Waals surface area contributed by atoms with E-state index in [2.05, 4.69) is 12.2 Å². The molecule has 1 heterocycles. The van der Waals surface area contributed by atoms with E-state index in [0.29, 0.717) is 13.0 Å². The summed E-state index contributed by atoms with van der Waals surface area (Å²) in [6, 6.07) is 3.72. The molecule has 0 spiro atoms. The third kappa shape index (κ3) is 4.96. The van der Waals surface area contributed by atoms with Crippen LogP contribution in [0.25, 0.3) is 0 Å². The summed E-state index contributed by atoms with van der Waals surface area (Å²) in [5.74, 6) is 0.00507. The van der Waals surface area contributed by atoms with Gasteiger partial charge in [-0.2, -0.15) is 0 Å². The van der Waals surface area contributed by atoms with Crippen LogP contribution < -0.4 is 11.1 Å². The van der Waals surface area contributed by atoms with E-state index in [4.69, 9.17) is 17.3 Å². The quantitative estimate of drug-likeness (QED) is 0.826. The van der Waals surface area contributed by atoms with Crippen molar-refractivity contribution in [3.8, 4) is 0 Å². The first kappa shape index (κ1) is 13.5. The number of nitrogens with two attached hydrogens (primary N) is 1. The number of nitrogens with one attached hydrogen (secondary N) is 1. The molecule has 0 saturated carbocycles. The molecule has 3 nitrogen and oxygen atoms in total. The Morgan fingerprint density at radius 3 is 2.94 bits per heavy atom. The average Bonchev–Trinajstić information content (AvgIpc) is 2.61. The summed E-state index contributed by atoms with van der Waals surface area (Å²) in [5.41, 5.74) is 5.78. The lowest BCUT2D eigenvalue weighted by Gasteiger charge is -2.09. The molecule has 90 valence electrons. The summed E-state index contributed by atoms with van der Waals surface area (Å²) in [7, 11) is 0. The van der Waals surface area contributed by atoms with Crippen LogP contribution in [0.5, 0.6) is 0 Å². The largest absolute Gasteiger partial charge is 0.351 e. The molecule has 5 heteroatoms. The van der Waals surface area contributed by atoms with Crippen molar-refractivity contribution in [2.75, 3.05) is 0 Å². The summed E-state index contributed by atoms with van der Waals surface area (Å²) in [5, 5.41) is 2.83. The molecule has 0 aliphatic carbocycles. The van der Waals surface area contributed by atoms with Crippen molar-refractivity contribution in [2.24, 2.45) is 5.73 Å². The molecular formula is C11H17ClN2OS. The number of rotatable bonds is 6. The van der Waals surface area contributed by atoms with Crippen LogP contribution in [0.4, 0.5) is 0 Å². The highest BCUT2D eigenvalue weighted by atomic mass is 35.5. The zero-order valence-electron chi connectivity index (χ0n) is 9.33. The molecule has 1 atom stereocenters. The fraction of sp³-hybridized carbons (Fsp3) is 0.545. The summed E-state index contributed by atoms with van der Waals surface area (Å²) in [6.07, 6.45) is 2.29. The molecule has 1 aromatic rings. The summed E-state index contributed by atoms with van der Waals surface area (Å²) in [4.78, 5) is 12.5. The van der Waals surface area contributed by atoms with Crippen LogP contribution in [0.2, 0.25) is 4.34 Å². The zero-order chi connectivity index (χ0) is 12.0. The van der Waals surface area contributed by atoms with Gasteiger partial charge in [0.05, 0.1) is 10.9 Å². The summed E-state index contributed by atoms with van der Waals surface area (Å²) in [6.45, 7) is 2.60. The molecule has 16 heavy (non-hydrogen) atoms. The highest BCUT2D eigenvalue weighted by Crippen LogP contribution is 2.20. The topological polar surface area (TPSA) is 55.1 Å². The Bertz CT molecular complexity index is 340. The van der Waals surface area contributed by atoms with Crippen molar-refractivity contribution >= 4 is 28.8 Å². The second-order valence-electron chi connectivity index (χ2n) is 3.74. The molecule has 0 bridgehead atoms. The number of thiophene rings is 1. The van der Waals surface area contributed by atoms with E-state index >= 15 is 0 Å².